The topological polar surface area (TPSA) is 29.5 Å². The molecule has 0 amide bonds. The molecule has 0 aliphatic heterocycles. The van der Waals surface area contributed by atoms with Crippen LogP contribution in [0.4, 0.5) is 0 Å². The summed E-state index contributed by atoms with van der Waals surface area (Å²) in [5.74, 6) is 0. The van der Waals surface area contributed by atoms with E-state index >= 15 is 0 Å². The van der Waals surface area contributed by atoms with Gasteiger partial charge in [-0.15, -0.1) is 0 Å². The van der Waals surface area contributed by atoms with Crippen LogP contribution in [0.3, 0.4) is 0 Å². The summed E-state index contributed by atoms with van der Waals surface area (Å²) in [6.45, 7) is 6.39. The first-order valence-electron chi connectivity index (χ1n) is 5.94. The zero-order valence-corrected chi connectivity index (χ0v) is 10.4. The summed E-state index contributed by atoms with van der Waals surface area (Å²) in [5, 5.41) is 10.1. The Kier molecular flexibility index (Phi) is 4.97. The standard InChI is InChI=1S/C14H22O2/c1-4-10-14(3,15)12(2)16-11-13-8-6-5-7-9-13/h5-9,12,15H,4,10-11H2,1-3H3/t12-,14-/m0/s1. The van der Waals surface area contributed by atoms with Crippen molar-refractivity contribution in [3.05, 3.63) is 35.9 Å². The molecule has 0 spiro atoms. The zero-order chi connectivity index (χ0) is 12.0. The van der Waals surface area contributed by atoms with Crippen LogP contribution >= 0.6 is 0 Å². The largest absolute Gasteiger partial charge is 0.387 e. The highest BCUT2D eigenvalue weighted by atomic mass is 16.5. The third-order valence-electron chi connectivity index (χ3n) is 2.97. The predicted octanol–water partition coefficient (Wildman–Crippen LogP) is 3.14. The normalized spacial score (nSPS) is 16.8. The van der Waals surface area contributed by atoms with E-state index in [1.807, 2.05) is 44.2 Å². The molecule has 0 aliphatic carbocycles. The summed E-state index contributed by atoms with van der Waals surface area (Å²) in [5.41, 5.74) is 0.408. The molecular formula is C14H22O2. The maximum Gasteiger partial charge on any atom is 0.0877 e. The number of hydrogen-bond acceptors (Lipinski definition) is 2. The monoisotopic (exact) mass is 222 g/mol. The molecule has 0 saturated heterocycles. The molecule has 0 fully saturated rings. The van der Waals surface area contributed by atoms with Crippen LogP contribution in [-0.4, -0.2) is 16.8 Å². The summed E-state index contributed by atoms with van der Waals surface area (Å²) >= 11 is 0. The predicted molar refractivity (Wildman–Crippen MR) is 66.2 cm³/mol. The Morgan fingerprint density at radius 2 is 1.94 bits per heavy atom. The fraction of sp³-hybridized carbons (Fsp3) is 0.571. The molecule has 16 heavy (non-hydrogen) atoms. The van der Waals surface area contributed by atoms with Crippen molar-refractivity contribution < 1.29 is 9.84 Å². The molecule has 0 radical (unpaired) electrons. The molecule has 0 unspecified atom stereocenters. The summed E-state index contributed by atoms with van der Waals surface area (Å²) in [7, 11) is 0. The van der Waals surface area contributed by atoms with Crippen molar-refractivity contribution in [3.63, 3.8) is 0 Å². The van der Waals surface area contributed by atoms with Crippen molar-refractivity contribution in [2.24, 2.45) is 0 Å². The molecule has 1 aromatic carbocycles. The smallest absolute Gasteiger partial charge is 0.0877 e. The number of benzene rings is 1. The van der Waals surface area contributed by atoms with Crippen LogP contribution in [-0.2, 0) is 11.3 Å². The van der Waals surface area contributed by atoms with Gasteiger partial charge in [-0.1, -0.05) is 43.7 Å². The van der Waals surface area contributed by atoms with Crippen molar-refractivity contribution in [3.8, 4) is 0 Å². The van der Waals surface area contributed by atoms with E-state index in [-0.39, 0.29) is 6.10 Å². The van der Waals surface area contributed by atoms with E-state index < -0.39 is 5.60 Å². The molecule has 90 valence electrons. The Morgan fingerprint density at radius 1 is 1.31 bits per heavy atom. The molecule has 0 aromatic heterocycles. The number of hydrogen-bond donors (Lipinski definition) is 1. The van der Waals surface area contributed by atoms with Crippen molar-refractivity contribution >= 4 is 0 Å². The summed E-state index contributed by atoms with van der Waals surface area (Å²) in [6.07, 6.45) is 1.59. The first-order chi connectivity index (χ1) is 7.56. The van der Waals surface area contributed by atoms with Crippen LogP contribution in [0, 0.1) is 0 Å². The Morgan fingerprint density at radius 3 is 2.50 bits per heavy atom. The van der Waals surface area contributed by atoms with E-state index in [0.29, 0.717) is 6.61 Å². The number of rotatable bonds is 6. The van der Waals surface area contributed by atoms with Gasteiger partial charge in [0.05, 0.1) is 18.3 Å². The second kappa shape index (κ2) is 6.02. The summed E-state index contributed by atoms with van der Waals surface area (Å²) < 4.78 is 5.70. The fourth-order valence-corrected chi connectivity index (χ4v) is 1.68. The highest BCUT2D eigenvalue weighted by molar-refractivity contribution is 5.13. The lowest BCUT2D eigenvalue weighted by atomic mass is 9.95. The Balaban J connectivity index is 2.43. The van der Waals surface area contributed by atoms with Gasteiger partial charge in [-0.3, -0.25) is 0 Å². The minimum atomic E-state index is -0.733. The quantitative estimate of drug-likeness (QED) is 0.801. The highest BCUT2D eigenvalue weighted by Crippen LogP contribution is 2.20. The van der Waals surface area contributed by atoms with E-state index in [4.69, 9.17) is 4.74 Å². The van der Waals surface area contributed by atoms with Crippen molar-refractivity contribution in [2.45, 2.75) is 51.9 Å². The van der Waals surface area contributed by atoms with Crippen LogP contribution < -0.4 is 0 Å². The molecule has 1 aromatic rings. The number of aliphatic hydroxyl groups is 1. The van der Waals surface area contributed by atoms with Crippen molar-refractivity contribution in [1.29, 1.82) is 0 Å². The second-order valence-corrected chi connectivity index (χ2v) is 4.55. The van der Waals surface area contributed by atoms with E-state index in [1.165, 1.54) is 0 Å². The Bertz CT molecular complexity index is 293. The van der Waals surface area contributed by atoms with E-state index in [2.05, 4.69) is 6.92 Å². The highest BCUT2D eigenvalue weighted by Gasteiger charge is 2.27. The van der Waals surface area contributed by atoms with Crippen molar-refractivity contribution in [1.82, 2.24) is 0 Å². The third kappa shape index (κ3) is 3.95. The van der Waals surface area contributed by atoms with Gasteiger partial charge >= 0.3 is 0 Å². The maximum absolute atomic E-state index is 10.1. The van der Waals surface area contributed by atoms with Gasteiger partial charge in [0.25, 0.3) is 0 Å². The second-order valence-electron chi connectivity index (χ2n) is 4.55. The van der Waals surface area contributed by atoms with Gasteiger partial charge in [0.1, 0.15) is 0 Å². The molecule has 0 heterocycles. The van der Waals surface area contributed by atoms with Gasteiger partial charge < -0.3 is 9.84 Å². The molecular weight excluding hydrogens is 200 g/mol. The summed E-state index contributed by atoms with van der Waals surface area (Å²) in [6, 6.07) is 10.0. The van der Waals surface area contributed by atoms with Gasteiger partial charge in [0.15, 0.2) is 0 Å². The van der Waals surface area contributed by atoms with E-state index in [0.717, 1.165) is 18.4 Å². The fourth-order valence-electron chi connectivity index (χ4n) is 1.68. The molecule has 2 heteroatoms. The van der Waals surface area contributed by atoms with Crippen LogP contribution in [0.2, 0.25) is 0 Å². The van der Waals surface area contributed by atoms with Gasteiger partial charge in [0.2, 0.25) is 0 Å². The molecule has 2 nitrogen and oxygen atoms in total. The zero-order valence-electron chi connectivity index (χ0n) is 10.4. The molecule has 1 rings (SSSR count). The van der Waals surface area contributed by atoms with Gasteiger partial charge in [-0.2, -0.15) is 0 Å². The lowest BCUT2D eigenvalue weighted by Gasteiger charge is -2.30. The van der Waals surface area contributed by atoms with E-state index in [1.54, 1.807) is 0 Å². The molecule has 0 saturated carbocycles. The van der Waals surface area contributed by atoms with Crippen LogP contribution in [0.1, 0.15) is 39.2 Å². The Labute approximate surface area is 98.3 Å². The average molecular weight is 222 g/mol. The lowest BCUT2D eigenvalue weighted by Crippen LogP contribution is -2.38. The minimum Gasteiger partial charge on any atom is -0.387 e. The minimum absolute atomic E-state index is 0.146. The maximum atomic E-state index is 10.1. The lowest BCUT2D eigenvalue weighted by molar-refractivity contribution is -0.0999. The van der Waals surface area contributed by atoms with Crippen molar-refractivity contribution in [2.75, 3.05) is 0 Å². The summed E-state index contributed by atoms with van der Waals surface area (Å²) in [4.78, 5) is 0. The van der Waals surface area contributed by atoms with Crippen LogP contribution in [0.25, 0.3) is 0 Å². The van der Waals surface area contributed by atoms with Gasteiger partial charge in [-0.05, 0) is 25.8 Å². The molecule has 0 bridgehead atoms. The Hall–Kier alpha value is -0.860. The van der Waals surface area contributed by atoms with Gasteiger partial charge in [-0.25, -0.2) is 0 Å². The molecule has 0 aliphatic rings. The number of ether oxygens (including phenoxy) is 1. The average Bonchev–Trinajstić information content (AvgIpc) is 2.27. The first-order valence-corrected chi connectivity index (χ1v) is 5.94. The van der Waals surface area contributed by atoms with Gasteiger partial charge in [0, 0.05) is 0 Å². The SMILES string of the molecule is CCC[C@](C)(O)[C@H](C)OCc1ccccc1. The first kappa shape index (κ1) is 13.2. The molecule has 2 atom stereocenters. The van der Waals surface area contributed by atoms with Crippen LogP contribution in [0.5, 0.6) is 0 Å². The third-order valence-corrected chi connectivity index (χ3v) is 2.97. The molecule has 1 N–H and O–H groups in total. The van der Waals surface area contributed by atoms with E-state index in [9.17, 15) is 5.11 Å². The van der Waals surface area contributed by atoms with Crippen LogP contribution in [0.15, 0.2) is 30.3 Å².